The summed E-state index contributed by atoms with van der Waals surface area (Å²) in [6.07, 6.45) is 0. The van der Waals surface area contributed by atoms with Gasteiger partial charge in [0.1, 0.15) is 11.5 Å². The summed E-state index contributed by atoms with van der Waals surface area (Å²) in [5.74, 6) is 0.137. The maximum Gasteiger partial charge on any atom is 0.276 e. The van der Waals surface area contributed by atoms with Crippen LogP contribution in [0.4, 0.5) is 0 Å². The van der Waals surface area contributed by atoms with Crippen molar-refractivity contribution in [2.75, 3.05) is 13.2 Å². The van der Waals surface area contributed by atoms with Gasteiger partial charge < -0.3 is 9.47 Å². The highest BCUT2D eigenvalue weighted by atomic mass is 35.5. The number of hydrazine groups is 1. The van der Waals surface area contributed by atoms with E-state index in [1.807, 2.05) is 32.9 Å². The van der Waals surface area contributed by atoms with Crippen LogP contribution in [0, 0.1) is 18.3 Å². The van der Waals surface area contributed by atoms with Crippen molar-refractivity contribution in [2.24, 2.45) is 0 Å². The molecule has 0 fully saturated rings. The number of rotatable bonds is 7. The summed E-state index contributed by atoms with van der Waals surface area (Å²) in [4.78, 5) is 23.7. The van der Waals surface area contributed by atoms with Crippen LogP contribution in [0.2, 0.25) is 5.02 Å². The van der Waals surface area contributed by atoms with E-state index < -0.39 is 11.8 Å². The topological polar surface area (TPSA) is 100 Å². The summed E-state index contributed by atoms with van der Waals surface area (Å²) in [5, 5.41) is 9.38. The average Bonchev–Trinajstić information content (AvgIpc) is 2.71. The monoisotopic (exact) mass is 415 g/mol. The zero-order chi connectivity index (χ0) is 21.4. The lowest BCUT2D eigenvalue weighted by Gasteiger charge is -2.16. The first-order valence-corrected chi connectivity index (χ1v) is 9.31. The van der Waals surface area contributed by atoms with E-state index in [0.717, 1.165) is 11.1 Å². The molecule has 0 atom stereocenters. The fourth-order valence-electron chi connectivity index (χ4n) is 2.38. The van der Waals surface area contributed by atoms with Crippen molar-refractivity contribution >= 4 is 23.4 Å². The number of carbonyl (C=O) groups excluding carboxylic acids is 2. The number of amides is 2. The summed E-state index contributed by atoms with van der Waals surface area (Å²) in [7, 11) is 0. The van der Waals surface area contributed by atoms with Gasteiger partial charge in [0, 0.05) is 5.02 Å². The van der Waals surface area contributed by atoms with Crippen LogP contribution >= 0.6 is 11.6 Å². The van der Waals surface area contributed by atoms with Gasteiger partial charge in [-0.15, -0.1) is 0 Å². The molecule has 0 saturated heterocycles. The van der Waals surface area contributed by atoms with Crippen molar-refractivity contribution in [1.29, 1.82) is 5.26 Å². The van der Waals surface area contributed by atoms with Crippen molar-refractivity contribution in [3.63, 3.8) is 0 Å². The van der Waals surface area contributed by atoms with Crippen molar-refractivity contribution in [3.8, 4) is 17.6 Å². The molecule has 7 nitrogen and oxygen atoms in total. The van der Waals surface area contributed by atoms with E-state index in [1.54, 1.807) is 30.3 Å². The number of ether oxygens (including phenoxy) is 2. The van der Waals surface area contributed by atoms with Gasteiger partial charge in [-0.25, -0.2) is 0 Å². The van der Waals surface area contributed by atoms with Crippen LogP contribution < -0.4 is 20.3 Å². The number of hydrogen-bond acceptors (Lipinski definition) is 5. The summed E-state index contributed by atoms with van der Waals surface area (Å²) in [6.45, 7) is 5.30. The van der Waals surface area contributed by atoms with Gasteiger partial charge in [-0.2, -0.15) is 5.26 Å². The number of aryl methyl sites for hydroxylation is 1. The zero-order valence-electron chi connectivity index (χ0n) is 16.4. The first-order valence-electron chi connectivity index (χ1n) is 8.93. The number of nitrogens with zero attached hydrogens (tertiary/aromatic N) is 1. The largest absolute Gasteiger partial charge is 0.484 e. The van der Waals surface area contributed by atoms with Crippen molar-refractivity contribution in [3.05, 3.63) is 58.1 Å². The summed E-state index contributed by atoms with van der Waals surface area (Å²) < 4.78 is 10.9. The fourth-order valence-corrected chi connectivity index (χ4v) is 2.55. The third-order valence-electron chi connectivity index (χ3n) is 3.97. The van der Waals surface area contributed by atoms with Crippen LogP contribution in [-0.4, -0.2) is 25.0 Å². The first-order chi connectivity index (χ1) is 13.8. The highest BCUT2D eigenvalue weighted by molar-refractivity contribution is 6.31. The summed E-state index contributed by atoms with van der Waals surface area (Å²) >= 11 is 6.16. The zero-order valence-corrected chi connectivity index (χ0v) is 17.2. The Morgan fingerprint density at radius 1 is 1.07 bits per heavy atom. The van der Waals surface area contributed by atoms with Gasteiger partial charge in [0.25, 0.3) is 11.8 Å². The minimum atomic E-state index is -0.534. The predicted molar refractivity (Wildman–Crippen MR) is 109 cm³/mol. The quantitative estimate of drug-likeness (QED) is 0.676. The molecule has 0 bridgehead atoms. The molecule has 0 aliphatic heterocycles. The van der Waals surface area contributed by atoms with E-state index in [2.05, 4.69) is 10.9 Å². The van der Waals surface area contributed by atoms with Crippen molar-refractivity contribution in [2.45, 2.75) is 26.7 Å². The molecule has 2 rings (SSSR count). The maximum absolute atomic E-state index is 12.0. The van der Waals surface area contributed by atoms with Crippen molar-refractivity contribution in [1.82, 2.24) is 10.9 Å². The second kappa shape index (κ2) is 10.3. The van der Waals surface area contributed by atoms with Crippen LogP contribution in [-0.2, 0) is 9.59 Å². The molecule has 2 aromatic rings. The molecule has 8 heteroatoms. The predicted octanol–water partition coefficient (Wildman–Crippen LogP) is 3.25. The Bertz CT molecular complexity index is 921. The van der Waals surface area contributed by atoms with Gasteiger partial charge in [-0.05, 0) is 60.4 Å². The Kier molecular flexibility index (Phi) is 7.87. The Morgan fingerprint density at radius 2 is 1.66 bits per heavy atom. The van der Waals surface area contributed by atoms with Crippen LogP contribution in [0.5, 0.6) is 11.5 Å². The molecule has 2 amide bonds. The van der Waals surface area contributed by atoms with Gasteiger partial charge in [0.15, 0.2) is 13.2 Å². The standard InChI is InChI=1S/C21H22ClN3O4/c1-13(2)17-9-18(22)14(3)8-19(17)29-12-21(27)25-24-20(26)11-28-16-6-4-15(10-23)5-7-16/h4-9,13H,11-12H2,1-3H3,(H,24,26)(H,25,27). The second-order valence-electron chi connectivity index (χ2n) is 6.60. The lowest BCUT2D eigenvalue weighted by molar-refractivity contribution is -0.131. The van der Waals surface area contributed by atoms with Gasteiger partial charge in [0.2, 0.25) is 0 Å². The van der Waals surface area contributed by atoms with Crippen LogP contribution in [0.15, 0.2) is 36.4 Å². The molecule has 2 N–H and O–H groups in total. The Morgan fingerprint density at radius 3 is 2.21 bits per heavy atom. The lowest BCUT2D eigenvalue weighted by atomic mass is 10.0. The minimum Gasteiger partial charge on any atom is -0.484 e. The summed E-state index contributed by atoms with van der Waals surface area (Å²) in [5.41, 5.74) is 6.76. The third kappa shape index (κ3) is 6.70. The Balaban J connectivity index is 1.79. The number of nitrogens with one attached hydrogen (secondary N) is 2. The lowest BCUT2D eigenvalue weighted by Crippen LogP contribution is -2.45. The number of hydrogen-bond donors (Lipinski definition) is 2. The van der Waals surface area contributed by atoms with E-state index in [0.29, 0.717) is 22.1 Å². The van der Waals surface area contributed by atoms with E-state index in [4.69, 9.17) is 26.3 Å². The molecule has 0 aromatic heterocycles. The molecule has 0 aliphatic carbocycles. The molecule has 29 heavy (non-hydrogen) atoms. The van der Waals surface area contributed by atoms with Gasteiger partial charge >= 0.3 is 0 Å². The summed E-state index contributed by atoms with van der Waals surface area (Å²) in [6, 6.07) is 11.9. The van der Waals surface area contributed by atoms with Gasteiger partial charge in [0.05, 0.1) is 11.6 Å². The molecule has 0 aliphatic rings. The van der Waals surface area contributed by atoms with E-state index >= 15 is 0 Å². The average molecular weight is 416 g/mol. The number of nitriles is 1. The van der Waals surface area contributed by atoms with Crippen LogP contribution in [0.25, 0.3) is 0 Å². The first kappa shape index (κ1) is 22.1. The van der Waals surface area contributed by atoms with E-state index in [-0.39, 0.29) is 19.1 Å². The maximum atomic E-state index is 12.0. The molecule has 0 spiro atoms. The minimum absolute atomic E-state index is 0.172. The fraction of sp³-hybridized carbons (Fsp3) is 0.286. The smallest absolute Gasteiger partial charge is 0.276 e. The van der Waals surface area contributed by atoms with E-state index in [1.165, 1.54) is 0 Å². The SMILES string of the molecule is Cc1cc(OCC(=O)NNC(=O)COc2ccc(C#N)cc2)c(C(C)C)cc1Cl. The molecule has 0 saturated carbocycles. The Labute approximate surface area is 174 Å². The molecular weight excluding hydrogens is 394 g/mol. The molecule has 0 radical (unpaired) electrons. The molecule has 0 heterocycles. The van der Waals surface area contributed by atoms with Gasteiger partial charge in [-0.1, -0.05) is 25.4 Å². The highest BCUT2D eigenvalue weighted by Crippen LogP contribution is 2.31. The molecule has 2 aromatic carbocycles. The van der Waals surface area contributed by atoms with E-state index in [9.17, 15) is 9.59 Å². The number of carbonyl (C=O) groups is 2. The van der Waals surface area contributed by atoms with Crippen molar-refractivity contribution < 1.29 is 19.1 Å². The van der Waals surface area contributed by atoms with Gasteiger partial charge in [-0.3, -0.25) is 20.4 Å². The van der Waals surface area contributed by atoms with Crippen LogP contribution in [0.1, 0.15) is 36.5 Å². The van der Waals surface area contributed by atoms with Crippen LogP contribution in [0.3, 0.4) is 0 Å². The molecular formula is C21H22ClN3O4. The third-order valence-corrected chi connectivity index (χ3v) is 4.37. The number of halogens is 1. The second-order valence-corrected chi connectivity index (χ2v) is 7.01. The molecule has 0 unspecified atom stereocenters. The normalized spacial score (nSPS) is 10.2. The number of benzene rings is 2. The Hall–Kier alpha value is -3.24. The highest BCUT2D eigenvalue weighted by Gasteiger charge is 2.13. The molecule has 152 valence electrons.